The lowest BCUT2D eigenvalue weighted by Gasteiger charge is -2.21. The fraction of sp³-hybridized carbons (Fsp3) is 0.500. The second-order valence-corrected chi connectivity index (χ2v) is 4.19. The van der Waals surface area contributed by atoms with E-state index in [0.29, 0.717) is 0 Å². The minimum absolute atomic E-state index is 0.914. The summed E-state index contributed by atoms with van der Waals surface area (Å²) in [6.07, 6.45) is 3.65. The molecular formula is C12H16ClN. The van der Waals surface area contributed by atoms with Crippen LogP contribution in [0.3, 0.4) is 0 Å². The molecule has 0 unspecified atom stereocenters. The summed E-state index contributed by atoms with van der Waals surface area (Å²) < 4.78 is 0. The normalized spacial score (nSPS) is 16.3. The number of hydrogen-bond acceptors (Lipinski definition) is 1. The van der Waals surface area contributed by atoms with Crippen molar-refractivity contribution >= 4 is 17.3 Å². The maximum absolute atomic E-state index is 6.18. The van der Waals surface area contributed by atoms with Gasteiger partial charge in [0.05, 0.1) is 0 Å². The molecule has 1 aliphatic rings. The fourth-order valence-corrected chi connectivity index (χ4v) is 2.45. The molecule has 1 aromatic carbocycles. The number of nitrogens with zero attached hydrogens (tertiary/aromatic N) is 1. The van der Waals surface area contributed by atoms with Gasteiger partial charge >= 0.3 is 0 Å². The van der Waals surface area contributed by atoms with Gasteiger partial charge in [0.15, 0.2) is 0 Å². The van der Waals surface area contributed by atoms with Gasteiger partial charge in [-0.15, -0.1) is 0 Å². The van der Waals surface area contributed by atoms with Crippen molar-refractivity contribution in [3.05, 3.63) is 28.8 Å². The van der Waals surface area contributed by atoms with E-state index in [4.69, 9.17) is 11.6 Å². The SMILES string of the molecule is CCc1c(Cl)cccc1N1CCCC1. The average Bonchev–Trinajstić information content (AvgIpc) is 2.70. The summed E-state index contributed by atoms with van der Waals surface area (Å²) in [5, 5.41) is 0.914. The predicted octanol–water partition coefficient (Wildman–Crippen LogP) is 3.50. The Morgan fingerprint density at radius 3 is 2.64 bits per heavy atom. The van der Waals surface area contributed by atoms with Crippen LogP contribution >= 0.6 is 11.6 Å². The highest BCUT2D eigenvalue weighted by atomic mass is 35.5. The van der Waals surface area contributed by atoms with Crippen LogP contribution in [0.4, 0.5) is 5.69 Å². The van der Waals surface area contributed by atoms with Gasteiger partial charge in [-0.2, -0.15) is 0 Å². The smallest absolute Gasteiger partial charge is 0.0458 e. The molecule has 2 rings (SSSR count). The molecule has 1 aromatic rings. The molecule has 2 heteroatoms. The second kappa shape index (κ2) is 4.22. The molecule has 1 heterocycles. The molecular weight excluding hydrogens is 194 g/mol. The third-order valence-corrected chi connectivity index (χ3v) is 3.25. The molecule has 1 aliphatic heterocycles. The van der Waals surface area contributed by atoms with Gasteiger partial charge in [0.1, 0.15) is 0 Å². The van der Waals surface area contributed by atoms with E-state index in [0.717, 1.165) is 11.4 Å². The molecule has 0 N–H and O–H groups in total. The first-order chi connectivity index (χ1) is 6.83. The van der Waals surface area contributed by atoms with Crippen molar-refractivity contribution in [2.75, 3.05) is 18.0 Å². The van der Waals surface area contributed by atoms with Crippen LogP contribution in [0, 0.1) is 0 Å². The molecule has 0 amide bonds. The first kappa shape index (κ1) is 9.85. The minimum atomic E-state index is 0.914. The van der Waals surface area contributed by atoms with Gasteiger partial charge in [0.25, 0.3) is 0 Å². The quantitative estimate of drug-likeness (QED) is 0.721. The first-order valence-electron chi connectivity index (χ1n) is 5.35. The van der Waals surface area contributed by atoms with E-state index < -0.39 is 0 Å². The Balaban J connectivity index is 2.35. The maximum Gasteiger partial charge on any atom is 0.0458 e. The van der Waals surface area contributed by atoms with Gasteiger partial charge < -0.3 is 4.90 Å². The molecule has 1 nitrogen and oxygen atoms in total. The molecule has 0 aliphatic carbocycles. The molecule has 0 radical (unpaired) electrons. The Labute approximate surface area is 90.7 Å². The molecule has 0 saturated carbocycles. The van der Waals surface area contributed by atoms with Gasteiger partial charge in [-0.05, 0) is 37.0 Å². The Bertz CT molecular complexity index is 316. The van der Waals surface area contributed by atoms with Gasteiger partial charge in [0, 0.05) is 23.8 Å². The summed E-state index contributed by atoms with van der Waals surface area (Å²) in [4.78, 5) is 2.45. The number of hydrogen-bond donors (Lipinski definition) is 0. The van der Waals surface area contributed by atoms with Crippen LogP contribution in [0.25, 0.3) is 0 Å². The summed E-state index contributed by atoms with van der Waals surface area (Å²) >= 11 is 6.18. The van der Waals surface area contributed by atoms with E-state index in [1.165, 1.54) is 37.2 Å². The number of benzene rings is 1. The Morgan fingerprint density at radius 2 is 2.00 bits per heavy atom. The number of halogens is 1. The van der Waals surface area contributed by atoms with Gasteiger partial charge in [-0.25, -0.2) is 0 Å². The summed E-state index contributed by atoms with van der Waals surface area (Å²) in [6.45, 7) is 4.54. The summed E-state index contributed by atoms with van der Waals surface area (Å²) in [5.74, 6) is 0. The van der Waals surface area contributed by atoms with Crippen molar-refractivity contribution in [3.63, 3.8) is 0 Å². The lowest BCUT2D eigenvalue weighted by atomic mass is 10.1. The maximum atomic E-state index is 6.18. The lowest BCUT2D eigenvalue weighted by Crippen LogP contribution is -2.19. The van der Waals surface area contributed by atoms with Crippen molar-refractivity contribution in [3.8, 4) is 0 Å². The van der Waals surface area contributed by atoms with E-state index in [-0.39, 0.29) is 0 Å². The highest BCUT2D eigenvalue weighted by Gasteiger charge is 2.15. The standard InChI is InChI=1S/C12H16ClN/c1-2-10-11(13)6-5-7-12(10)14-8-3-4-9-14/h5-7H,2-4,8-9H2,1H3. The third-order valence-electron chi connectivity index (χ3n) is 2.89. The van der Waals surface area contributed by atoms with Crippen LogP contribution in [0.2, 0.25) is 5.02 Å². The summed E-state index contributed by atoms with van der Waals surface area (Å²) in [6, 6.07) is 6.23. The van der Waals surface area contributed by atoms with Crippen LogP contribution in [0.15, 0.2) is 18.2 Å². The van der Waals surface area contributed by atoms with Crippen LogP contribution < -0.4 is 4.90 Å². The third kappa shape index (κ3) is 1.74. The molecule has 76 valence electrons. The average molecular weight is 210 g/mol. The van der Waals surface area contributed by atoms with Crippen molar-refractivity contribution in [2.24, 2.45) is 0 Å². The topological polar surface area (TPSA) is 3.24 Å². The van der Waals surface area contributed by atoms with Gasteiger partial charge in [-0.1, -0.05) is 24.6 Å². The Hall–Kier alpha value is -0.690. The van der Waals surface area contributed by atoms with Crippen molar-refractivity contribution < 1.29 is 0 Å². The summed E-state index contributed by atoms with van der Waals surface area (Å²) in [7, 11) is 0. The molecule has 0 aromatic heterocycles. The first-order valence-corrected chi connectivity index (χ1v) is 5.73. The largest absolute Gasteiger partial charge is 0.371 e. The number of anilines is 1. The van der Waals surface area contributed by atoms with Gasteiger partial charge in [0.2, 0.25) is 0 Å². The monoisotopic (exact) mass is 209 g/mol. The number of rotatable bonds is 2. The predicted molar refractivity (Wildman–Crippen MR) is 62.3 cm³/mol. The summed E-state index contributed by atoms with van der Waals surface area (Å²) in [5.41, 5.74) is 2.65. The Kier molecular flexibility index (Phi) is 2.97. The minimum Gasteiger partial charge on any atom is -0.371 e. The van der Waals surface area contributed by atoms with E-state index >= 15 is 0 Å². The zero-order valence-electron chi connectivity index (χ0n) is 8.59. The molecule has 14 heavy (non-hydrogen) atoms. The molecule has 0 spiro atoms. The molecule has 0 bridgehead atoms. The van der Waals surface area contributed by atoms with Crippen molar-refractivity contribution in [2.45, 2.75) is 26.2 Å². The highest BCUT2D eigenvalue weighted by molar-refractivity contribution is 6.31. The van der Waals surface area contributed by atoms with E-state index in [1.807, 2.05) is 6.07 Å². The van der Waals surface area contributed by atoms with E-state index in [2.05, 4.69) is 24.0 Å². The van der Waals surface area contributed by atoms with Crippen LogP contribution in [-0.2, 0) is 6.42 Å². The van der Waals surface area contributed by atoms with Crippen LogP contribution in [-0.4, -0.2) is 13.1 Å². The molecule has 0 atom stereocenters. The van der Waals surface area contributed by atoms with Gasteiger partial charge in [-0.3, -0.25) is 0 Å². The van der Waals surface area contributed by atoms with Crippen LogP contribution in [0.5, 0.6) is 0 Å². The van der Waals surface area contributed by atoms with Crippen LogP contribution in [0.1, 0.15) is 25.3 Å². The Morgan fingerprint density at radius 1 is 1.29 bits per heavy atom. The van der Waals surface area contributed by atoms with Crippen molar-refractivity contribution in [1.29, 1.82) is 0 Å². The van der Waals surface area contributed by atoms with Crippen molar-refractivity contribution in [1.82, 2.24) is 0 Å². The fourth-order valence-electron chi connectivity index (χ4n) is 2.15. The molecule has 1 saturated heterocycles. The zero-order chi connectivity index (χ0) is 9.97. The van der Waals surface area contributed by atoms with E-state index in [9.17, 15) is 0 Å². The van der Waals surface area contributed by atoms with E-state index in [1.54, 1.807) is 0 Å². The second-order valence-electron chi connectivity index (χ2n) is 3.79. The zero-order valence-corrected chi connectivity index (χ0v) is 9.35. The lowest BCUT2D eigenvalue weighted by molar-refractivity contribution is 0.948. The highest BCUT2D eigenvalue weighted by Crippen LogP contribution is 2.30. The molecule has 1 fully saturated rings.